The number of pyridine rings is 1. The number of carbonyl (C=O) groups excluding carboxylic acids is 1. The highest BCUT2D eigenvalue weighted by Crippen LogP contribution is 2.38. The van der Waals surface area contributed by atoms with Crippen molar-refractivity contribution in [3.05, 3.63) is 48.0 Å². The van der Waals surface area contributed by atoms with Crippen LogP contribution in [0.5, 0.6) is 0 Å². The first-order chi connectivity index (χ1) is 11.6. The molecule has 2 bridgehead atoms. The maximum atomic E-state index is 13.4. The zero-order valence-corrected chi connectivity index (χ0v) is 13.6. The van der Waals surface area contributed by atoms with Gasteiger partial charge in [-0.2, -0.15) is 0 Å². The zero-order valence-electron chi connectivity index (χ0n) is 13.6. The van der Waals surface area contributed by atoms with Crippen molar-refractivity contribution in [1.82, 2.24) is 9.88 Å². The standard InChI is InChI=1S/C19H20FN3O/c1-12-5-6-15(8-18(12)13-7-14(20)11-21-10-13)22-19(24)23-16-3-2-4-17(23)9-16/h5-8,10-11,16-17H,2-4,9H2,1H3,(H,22,24)/t16-,17?/m1/s1. The maximum absolute atomic E-state index is 13.4. The lowest BCUT2D eigenvalue weighted by molar-refractivity contribution is 0.0173. The quantitative estimate of drug-likeness (QED) is 0.892. The fraction of sp³-hybridized carbons (Fsp3) is 0.368. The van der Waals surface area contributed by atoms with Crippen LogP contribution in [-0.2, 0) is 0 Å². The number of amides is 2. The summed E-state index contributed by atoms with van der Waals surface area (Å²) in [5.41, 5.74) is 3.34. The smallest absolute Gasteiger partial charge is 0.318 e. The van der Waals surface area contributed by atoms with Crippen LogP contribution in [0.4, 0.5) is 14.9 Å². The third-order valence-electron chi connectivity index (χ3n) is 5.14. The second-order valence-electron chi connectivity index (χ2n) is 6.73. The van der Waals surface area contributed by atoms with Gasteiger partial charge in [0.15, 0.2) is 0 Å². The van der Waals surface area contributed by atoms with Crippen molar-refractivity contribution < 1.29 is 9.18 Å². The van der Waals surface area contributed by atoms with Gasteiger partial charge in [0, 0.05) is 29.5 Å². The summed E-state index contributed by atoms with van der Waals surface area (Å²) in [6.07, 6.45) is 7.40. The number of aromatic nitrogens is 1. The molecule has 2 saturated heterocycles. The fourth-order valence-corrected chi connectivity index (χ4v) is 3.89. The number of fused-ring (bicyclic) bond motifs is 2. The lowest BCUT2D eigenvalue weighted by Crippen LogP contribution is -2.62. The Labute approximate surface area is 140 Å². The molecule has 2 atom stereocenters. The number of hydrogen-bond donors (Lipinski definition) is 1. The van der Waals surface area contributed by atoms with Crippen LogP contribution < -0.4 is 5.32 Å². The Bertz CT molecular complexity index is 778. The third kappa shape index (κ3) is 2.64. The van der Waals surface area contributed by atoms with E-state index in [4.69, 9.17) is 0 Å². The first kappa shape index (κ1) is 15.1. The molecule has 0 spiro atoms. The lowest BCUT2D eigenvalue weighted by Gasteiger charge is -2.52. The number of nitrogens with one attached hydrogen (secondary N) is 1. The molecule has 2 aliphatic rings. The van der Waals surface area contributed by atoms with Crippen LogP contribution in [0.15, 0.2) is 36.7 Å². The molecular formula is C19H20FN3O. The summed E-state index contributed by atoms with van der Waals surface area (Å²) in [4.78, 5) is 18.4. The van der Waals surface area contributed by atoms with E-state index in [9.17, 15) is 9.18 Å². The molecule has 1 unspecified atom stereocenters. The minimum absolute atomic E-state index is 0.0249. The van der Waals surface area contributed by atoms with Crippen LogP contribution in [0.2, 0.25) is 0 Å². The summed E-state index contributed by atoms with van der Waals surface area (Å²) in [6, 6.07) is 7.96. The molecule has 24 heavy (non-hydrogen) atoms. The predicted molar refractivity (Wildman–Crippen MR) is 91.3 cm³/mol. The molecule has 2 aliphatic heterocycles. The van der Waals surface area contributed by atoms with E-state index in [2.05, 4.69) is 10.3 Å². The number of hydrogen-bond acceptors (Lipinski definition) is 2. The first-order valence-corrected chi connectivity index (χ1v) is 8.43. The number of aryl methyl sites for hydroxylation is 1. The molecule has 0 aliphatic carbocycles. The predicted octanol–water partition coefficient (Wildman–Crippen LogP) is 4.35. The van der Waals surface area contributed by atoms with E-state index in [1.807, 2.05) is 30.0 Å². The number of rotatable bonds is 2. The Hall–Kier alpha value is -2.43. The number of anilines is 1. The summed E-state index contributed by atoms with van der Waals surface area (Å²) in [5.74, 6) is -0.366. The third-order valence-corrected chi connectivity index (χ3v) is 5.14. The lowest BCUT2D eigenvalue weighted by atomic mass is 9.80. The SMILES string of the molecule is Cc1ccc(NC(=O)N2C3CCC[C@@H]2C3)cc1-c1cncc(F)c1. The Morgan fingerprint density at radius 1 is 1.25 bits per heavy atom. The first-order valence-electron chi connectivity index (χ1n) is 8.43. The van der Waals surface area contributed by atoms with Gasteiger partial charge in [0.05, 0.1) is 6.20 Å². The van der Waals surface area contributed by atoms with Crippen LogP contribution >= 0.6 is 0 Å². The summed E-state index contributed by atoms with van der Waals surface area (Å²) in [5, 5.41) is 3.00. The number of urea groups is 1. The van der Waals surface area contributed by atoms with Crippen molar-refractivity contribution in [2.24, 2.45) is 0 Å². The van der Waals surface area contributed by atoms with E-state index in [1.165, 1.54) is 18.7 Å². The van der Waals surface area contributed by atoms with Gasteiger partial charge < -0.3 is 10.2 Å². The molecule has 4 rings (SSSR count). The van der Waals surface area contributed by atoms with Crippen LogP contribution in [0.1, 0.15) is 31.2 Å². The van der Waals surface area contributed by atoms with Crippen molar-refractivity contribution >= 4 is 11.7 Å². The van der Waals surface area contributed by atoms with E-state index in [-0.39, 0.29) is 11.8 Å². The molecule has 2 fully saturated rings. The van der Waals surface area contributed by atoms with Crippen molar-refractivity contribution in [3.63, 3.8) is 0 Å². The van der Waals surface area contributed by atoms with Gasteiger partial charge >= 0.3 is 6.03 Å². The maximum Gasteiger partial charge on any atom is 0.322 e. The van der Waals surface area contributed by atoms with Gasteiger partial charge in [0.25, 0.3) is 0 Å². The molecule has 0 saturated carbocycles. The van der Waals surface area contributed by atoms with Gasteiger partial charge in [0.2, 0.25) is 0 Å². The topological polar surface area (TPSA) is 45.2 Å². The van der Waals surface area contributed by atoms with Crippen molar-refractivity contribution in [2.45, 2.75) is 44.7 Å². The molecule has 1 aromatic carbocycles. The average molecular weight is 325 g/mol. The van der Waals surface area contributed by atoms with Gasteiger partial charge in [-0.3, -0.25) is 4.98 Å². The Morgan fingerprint density at radius 2 is 2.04 bits per heavy atom. The molecule has 0 radical (unpaired) electrons. The Morgan fingerprint density at radius 3 is 2.75 bits per heavy atom. The molecule has 3 heterocycles. The number of nitrogens with zero attached hydrogens (tertiary/aromatic N) is 2. The number of piperidine rings is 1. The minimum atomic E-state index is -0.366. The second-order valence-corrected chi connectivity index (χ2v) is 6.73. The molecule has 1 N–H and O–H groups in total. The van der Waals surface area contributed by atoms with E-state index in [1.54, 1.807) is 6.20 Å². The molecule has 5 heteroatoms. The molecular weight excluding hydrogens is 305 g/mol. The second kappa shape index (κ2) is 5.89. The van der Waals surface area contributed by atoms with Crippen LogP contribution in [0.3, 0.4) is 0 Å². The highest BCUT2D eigenvalue weighted by molar-refractivity contribution is 5.91. The van der Waals surface area contributed by atoms with E-state index in [0.717, 1.165) is 36.1 Å². The molecule has 124 valence electrons. The van der Waals surface area contributed by atoms with Gasteiger partial charge in [-0.1, -0.05) is 6.07 Å². The van der Waals surface area contributed by atoms with Gasteiger partial charge in [-0.15, -0.1) is 0 Å². The molecule has 2 amide bonds. The fourth-order valence-electron chi connectivity index (χ4n) is 3.89. The van der Waals surface area contributed by atoms with Gasteiger partial charge in [0.1, 0.15) is 5.82 Å². The van der Waals surface area contributed by atoms with Crippen molar-refractivity contribution in [3.8, 4) is 11.1 Å². The average Bonchev–Trinajstić information content (AvgIpc) is 2.57. The van der Waals surface area contributed by atoms with Crippen LogP contribution in [0, 0.1) is 12.7 Å². The van der Waals surface area contributed by atoms with Crippen molar-refractivity contribution in [1.29, 1.82) is 0 Å². The highest BCUT2D eigenvalue weighted by Gasteiger charge is 2.44. The molecule has 2 aromatic rings. The largest absolute Gasteiger partial charge is 0.322 e. The van der Waals surface area contributed by atoms with E-state index >= 15 is 0 Å². The summed E-state index contributed by atoms with van der Waals surface area (Å²) < 4.78 is 13.4. The number of carbonyl (C=O) groups is 1. The summed E-state index contributed by atoms with van der Waals surface area (Å²) in [7, 11) is 0. The summed E-state index contributed by atoms with van der Waals surface area (Å²) in [6.45, 7) is 1.96. The Kier molecular flexibility index (Phi) is 3.71. The highest BCUT2D eigenvalue weighted by atomic mass is 19.1. The van der Waals surface area contributed by atoms with Gasteiger partial charge in [-0.25, -0.2) is 9.18 Å². The minimum Gasteiger partial charge on any atom is -0.318 e. The van der Waals surface area contributed by atoms with Gasteiger partial charge in [-0.05, 0) is 61.9 Å². The van der Waals surface area contributed by atoms with Crippen molar-refractivity contribution in [2.75, 3.05) is 5.32 Å². The monoisotopic (exact) mass is 325 g/mol. The zero-order chi connectivity index (χ0) is 16.7. The Balaban J connectivity index is 1.56. The van der Waals surface area contributed by atoms with E-state index < -0.39 is 0 Å². The van der Waals surface area contributed by atoms with Crippen LogP contribution in [-0.4, -0.2) is 28.0 Å². The van der Waals surface area contributed by atoms with Crippen LogP contribution in [0.25, 0.3) is 11.1 Å². The van der Waals surface area contributed by atoms with E-state index in [0.29, 0.717) is 17.6 Å². The number of halogens is 1. The normalized spacial score (nSPS) is 22.0. The molecule has 1 aromatic heterocycles. The molecule has 4 nitrogen and oxygen atoms in total. The summed E-state index contributed by atoms with van der Waals surface area (Å²) >= 11 is 0. The number of benzene rings is 1.